The molecule has 0 radical (unpaired) electrons. The summed E-state index contributed by atoms with van der Waals surface area (Å²) in [7, 11) is 0. The average molecular weight is 224 g/mol. The molecule has 0 amide bonds. The van der Waals surface area contributed by atoms with Crippen molar-refractivity contribution in [3.05, 3.63) is 28.3 Å². The normalized spacial score (nSPS) is 16.9. The Labute approximate surface area is 92.4 Å². The van der Waals surface area contributed by atoms with E-state index in [0.717, 1.165) is 18.4 Å². The summed E-state index contributed by atoms with van der Waals surface area (Å²) in [6.07, 6.45) is 3.07. The highest BCUT2D eigenvalue weighted by Crippen LogP contribution is 2.53. The van der Waals surface area contributed by atoms with Crippen LogP contribution in [0.3, 0.4) is 0 Å². The Morgan fingerprint density at radius 2 is 2.20 bits per heavy atom. The van der Waals surface area contributed by atoms with Gasteiger partial charge in [-0.15, -0.1) is 0 Å². The molecule has 0 aromatic heterocycles. The molecule has 3 nitrogen and oxygen atoms in total. The lowest BCUT2D eigenvalue weighted by molar-refractivity contribution is 0.459. The van der Waals surface area contributed by atoms with E-state index >= 15 is 0 Å². The Morgan fingerprint density at radius 3 is 2.73 bits per heavy atom. The lowest BCUT2D eigenvalue weighted by Crippen LogP contribution is -2.03. The van der Waals surface area contributed by atoms with Crippen molar-refractivity contribution in [1.29, 1.82) is 0 Å². The summed E-state index contributed by atoms with van der Waals surface area (Å²) in [6, 6.07) is 3.59. The van der Waals surface area contributed by atoms with Crippen LogP contribution in [0, 0.1) is 6.92 Å². The number of benzene rings is 1. The molecule has 1 saturated carbocycles. The summed E-state index contributed by atoms with van der Waals surface area (Å²) in [5.74, 6) is 0.0353. The summed E-state index contributed by atoms with van der Waals surface area (Å²) in [4.78, 5) is 14.0. The number of rotatable bonds is 2. The minimum Gasteiger partial charge on any atom is -0.506 e. The van der Waals surface area contributed by atoms with Crippen LogP contribution < -0.4 is 0 Å². The zero-order chi connectivity index (χ0) is 11.1. The van der Waals surface area contributed by atoms with Crippen molar-refractivity contribution in [3.63, 3.8) is 0 Å². The second-order valence-electron chi connectivity index (χ2n) is 3.83. The third-order valence-electron chi connectivity index (χ3n) is 2.79. The molecule has 4 heteroatoms. The molecule has 2 rings (SSSR count). The molecule has 1 aromatic carbocycles. The Morgan fingerprint density at radius 1 is 1.53 bits per heavy atom. The first-order valence-corrected chi connectivity index (χ1v) is 5.06. The van der Waals surface area contributed by atoms with E-state index in [-0.39, 0.29) is 5.75 Å². The molecule has 0 saturated heterocycles. The van der Waals surface area contributed by atoms with Gasteiger partial charge >= 0.3 is 0 Å². The van der Waals surface area contributed by atoms with Crippen LogP contribution in [-0.4, -0.2) is 11.2 Å². The van der Waals surface area contributed by atoms with E-state index in [9.17, 15) is 9.90 Å². The second kappa shape index (κ2) is 3.37. The first-order chi connectivity index (χ1) is 7.10. The molecular weight excluding hydrogens is 214 g/mol. The molecule has 1 aliphatic rings. The standard InChI is InChI=1S/C11H10ClNO2/c1-7-2-3-8(10(15)9(7)12)11(4-5-11)13-6-14/h2-3,15H,4-5H2,1H3. The first-order valence-electron chi connectivity index (χ1n) is 4.68. The van der Waals surface area contributed by atoms with Crippen molar-refractivity contribution in [2.45, 2.75) is 25.3 Å². The highest BCUT2D eigenvalue weighted by molar-refractivity contribution is 6.32. The molecule has 0 spiro atoms. The predicted octanol–water partition coefficient (Wildman–Crippen LogP) is 2.68. The number of aryl methyl sites for hydroxylation is 1. The van der Waals surface area contributed by atoms with Crippen molar-refractivity contribution in [2.75, 3.05) is 0 Å². The van der Waals surface area contributed by atoms with E-state index in [1.54, 1.807) is 12.1 Å². The number of isocyanates is 1. The summed E-state index contributed by atoms with van der Waals surface area (Å²) in [5.41, 5.74) is 0.869. The Bertz CT molecular complexity index is 460. The maximum absolute atomic E-state index is 10.3. The number of phenolic OH excluding ortho intramolecular Hbond substituents is 1. The SMILES string of the molecule is Cc1ccc(C2(N=C=O)CC2)c(O)c1Cl. The van der Waals surface area contributed by atoms with Gasteiger partial charge in [-0.2, -0.15) is 4.99 Å². The van der Waals surface area contributed by atoms with Crippen LogP contribution in [0.2, 0.25) is 5.02 Å². The highest BCUT2D eigenvalue weighted by Gasteiger charge is 2.47. The van der Waals surface area contributed by atoms with E-state index in [1.807, 2.05) is 13.0 Å². The summed E-state index contributed by atoms with van der Waals surface area (Å²) >= 11 is 5.93. The minimum absolute atomic E-state index is 0.0353. The minimum atomic E-state index is -0.566. The van der Waals surface area contributed by atoms with Gasteiger partial charge in [-0.25, -0.2) is 4.79 Å². The van der Waals surface area contributed by atoms with Gasteiger partial charge in [0.05, 0.1) is 5.02 Å². The number of nitrogens with zero attached hydrogens (tertiary/aromatic N) is 1. The fraction of sp³-hybridized carbons (Fsp3) is 0.364. The number of halogens is 1. The number of aliphatic imine (C=N–C) groups is 1. The predicted molar refractivity (Wildman–Crippen MR) is 56.9 cm³/mol. The number of phenols is 1. The molecule has 1 N–H and O–H groups in total. The van der Waals surface area contributed by atoms with Crippen molar-refractivity contribution < 1.29 is 9.90 Å². The lowest BCUT2D eigenvalue weighted by atomic mass is 10.0. The maximum Gasteiger partial charge on any atom is 0.235 e. The molecule has 1 fully saturated rings. The van der Waals surface area contributed by atoms with Gasteiger partial charge in [0.25, 0.3) is 0 Å². The monoisotopic (exact) mass is 223 g/mol. The van der Waals surface area contributed by atoms with E-state index in [4.69, 9.17) is 11.6 Å². The van der Waals surface area contributed by atoms with Gasteiger partial charge in [0.2, 0.25) is 6.08 Å². The third-order valence-corrected chi connectivity index (χ3v) is 3.27. The Kier molecular flexibility index (Phi) is 2.29. The molecule has 0 aliphatic heterocycles. The van der Waals surface area contributed by atoms with E-state index in [0.29, 0.717) is 10.6 Å². The average Bonchev–Trinajstić information content (AvgIpc) is 2.96. The van der Waals surface area contributed by atoms with Crippen LogP contribution in [0.25, 0.3) is 0 Å². The van der Waals surface area contributed by atoms with Crippen molar-refractivity contribution in [2.24, 2.45) is 4.99 Å². The molecule has 0 atom stereocenters. The van der Waals surface area contributed by atoms with Gasteiger partial charge in [-0.3, -0.25) is 0 Å². The first kappa shape index (κ1) is 10.2. The van der Waals surface area contributed by atoms with Gasteiger partial charge in [-0.1, -0.05) is 23.7 Å². The number of hydrogen-bond acceptors (Lipinski definition) is 3. The fourth-order valence-electron chi connectivity index (χ4n) is 1.69. The van der Waals surface area contributed by atoms with E-state index < -0.39 is 5.54 Å². The van der Waals surface area contributed by atoms with Crippen LogP contribution in [0.1, 0.15) is 24.0 Å². The molecule has 0 unspecified atom stereocenters. The highest BCUT2D eigenvalue weighted by atomic mass is 35.5. The van der Waals surface area contributed by atoms with Crippen LogP contribution in [0.4, 0.5) is 0 Å². The van der Waals surface area contributed by atoms with Crippen LogP contribution >= 0.6 is 11.6 Å². The summed E-state index contributed by atoms with van der Waals surface area (Å²) < 4.78 is 0. The van der Waals surface area contributed by atoms with Gasteiger partial charge < -0.3 is 5.11 Å². The Balaban J connectivity index is 2.55. The molecule has 78 valence electrons. The summed E-state index contributed by atoms with van der Waals surface area (Å²) in [5, 5.41) is 10.2. The van der Waals surface area contributed by atoms with E-state index in [1.165, 1.54) is 0 Å². The summed E-state index contributed by atoms with van der Waals surface area (Å²) in [6.45, 7) is 1.81. The number of aromatic hydroxyl groups is 1. The zero-order valence-corrected chi connectivity index (χ0v) is 9.01. The van der Waals surface area contributed by atoms with Crippen LogP contribution in [-0.2, 0) is 10.3 Å². The quantitative estimate of drug-likeness (QED) is 0.619. The smallest absolute Gasteiger partial charge is 0.235 e. The van der Waals surface area contributed by atoms with Crippen molar-refractivity contribution in [3.8, 4) is 5.75 Å². The van der Waals surface area contributed by atoms with Crippen molar-refractivity contribution >= 4 is 17.7 Å². The van der Waals surface area contributed by atoms with Gasteiger partial charge in [0, 0.05) is 5.56 Å². The number of hydrogen-bond donors (Lipinski definition) is 1. The molecule has 0 bridgehead atoms. The molecule has 15 heavy (non-hydrogen) atoms. The van der Waals surface area contributed by atoms with Gasteiger partial charge in [0.1, 0.15) is 11.3 Å². The molecule has 1 aliphatic carbocycles. The van der Waals surface area contributed by atoms with Gasteiger partial charge in [0.15, 0.2) is 0 Å². The lowest BCUT2D eigenvalue weighted by Gasteiger charge is -2.12. The molecular formula is C11H10ClNO2. The van der Waals surface area contributed by atoms with E-state index in [2.05, 4.69) is 4.99 Å². The topological polar surface area (TPSA) is 49.7 Å². The Hall–Kier alpha value is -1.31. The van der Waals surface area contributed by atoms with Gasteiger partial charge in [-0.05, 0) is 25.3 Å². The fourth-order valence-corrected chi connectivity index (χ4v) is 1.85. The molecule has 0 heterocycles. The second-order valence-corrected chi connectivity index (χ2v) is 4.21. The van der Waals surface area contributed by atoms with Crippen molar-refractivity contribution in [1.82, 2.24) is 0 Å². The molecule has 1 aromatic rings. The van der Waals surface area contributed by atoms with Crippen LogP contribution in [0.15, 0.2) is 17.1 Å². The largest absolute Gasteiger partial charge is 0.506 e. The third kappa shape index (κ3) is 1.54. The zero-order valence-electron chi connectivity index (χ0n) is 8.25. The van der Waals surface area contributed by atoms with Crippen LogP contribution in [0.5, 0.6) is 5.75 Å². The maximum atomic E-state index is 10.3. The number of carbonyl (C=O) groups excluding carboxylic acids is 1.